The third-order valence-electron chi connectivity index (χ3n) is 6.19. The van der Waals surface area contributed by atoms with Crippen LogP contribution in [0, 0.1) is 5.82 Å². The summed E-state index contributed by atoms with van der Waals surface area (Å²) in [5.41, 5.74) is 1.46. The monoisotopic (exact) mass is 480 g/mol. The first kappa shape index (κ1) is 24.0. The number of rotatable bonds is 9. The van der Waals surface area contributed by atoms with Crippen molar-refractivity contribution >= 4 is 23.2 Å². The van der Waals surface area contributed by atoms with Crippen LogP contribution in [0.5, 0.6) is 5.75 Å². The quantitative estimate of drug-likeness (QED) is 0.454. The summed E-state index contributed by atoms with van der Waals surface area (Å²) < 4.78 is 19.0. The normalized spacial score (nSPS) is 14.5. The van der Waals surface area contributed by atoms with Crippen LogP contribution in [0.3, 0.4) is 0 Å². The Morgan fingerprint density at radius 1 is 1.09 bits per heavy atom. The molecule has 2 aromatic carbocycles. The molecule has 5 nitrogen and oxygen atoms in total. The number of halogens is 1. The molecule has 1 atom stereocenters. The largest absolute Gasteiger partial charge is 0.497 e. The van der Waals surface area contributed by atoms with Gasteiger partial charge >= 0.3 is 0 Å². The summed E-state index contributed by atoms with van der Waals surface area (Å²) in [6.45, 7) is 0.244. The number of methoxy groups -OCH3 is 1. The first-order valence-electron chi connectivity index (χ1n) is 11.5. The van der Waals surface area contributed by atoms with Gasteiger partial charge in [0, 0.05) is 17.5 Å². The van der Waals surface area contributed by atoms with Gasteiger partial charge in [-0.05, 0) is 59.7 Å². The third kappa shape index (κ3) is 6.03. The molecule has 34 heavy (non-hydrogen) atoms. The van der Waals surface area contributed by atoms with E-state index in [0.29, 0.717) is 11.3 Å². The van der Waals surface area contributed by atoms with E-state index in [1.165, 1.54) is 23.5 Å². The van der Waals surface area contributed by atoms with Gasteiger partial charge in [-0.25, -0.2) is 4.39 Å². The van der Waals surface area contributed by atoms with E-state index >= 15 is 0 Å². The number of hydrogen-bond donors (Lipinski definition) is 1. The summed E-state index contributed by atoms with van der Waals surface area (Å²) in [5, 5.41) is 5.08. The molecule has 178 valence electrons. The Hall–Kier alpha value is -3.19. The highest BCUT2D eigenvalue weighted by Crippen LogP contribution is 2.28. The highest BCUT2D eigenvalue weighted by atomic mass is 32.1. The summed E-state index contributed by atoms with van der Waals surface area (Å²) >= 11 is 1.51. The summed E-state index contributed by atoms with van der Waals surface area (Å²) in [5.74, 6) is -0.0553. The molecular weight excluding hydrogens is 451 g/mol. The number of carbonyl (C=O) groups excluding carboxylic acids is 2. The highest BCUT2D eigenvalue weighted by Gasteiger charge is 2.33. The number of ether oxygens (including phenoxy) is 1. The van der Waals surface area contributed by atoms with Gasteiger partial charge in [-0.2, -0.15) is 0 Å². The molecule has 0 unspecified atom stereocenters. The van der Waals surface area contributed by atoms with Crippen LogP contribution in [0.1, 0.15) is 47.7 Å². The Balaban J connectivity index is 1.68. The number of carbonyl (C=O) groups is 2. The SMILES string of the molecule is COc1ccc(CN(C(=O)Cc2cccs2)[C@@H](C(=O)NC2CCCC2)c2ccc(F)cc2)cc1. The molecule has 0 saturated heterocycles. The van der Waals surface area contributed by atoms with Gasteiger partial charge in [0.1, 0.15) is 17.6 Å². The maximum Gasteiger partial charge on any atom is 0.247 e. The molecule has 2 amide bonds. The predicted octanol–water partition coefficient (Wildman–Crippen LogP) is 5.27. The maximum atomic E-state index is 13.7. The summed E-state index contributed by atoms with van der Waals surface area (Å²) in [7, 11) is 1.60. The Bertz CT molecular complexity index is 1080. The fourth-order valence-corrected chi connectivity index (χ4v) is 5.08. The maximum absolute atomic E-state index is 13.7. The predicted molar refractivity (Wildman–Crippen MR) is 131 cm³/mol. The fraction of sp³-hybridized carbons (Fsp3) is 0.333. The van der Waals surface area contributed by atoms with Gasteiger partial charge in [0.05, 0.1) is 13.5 Å². The minimum atomic E-state index is -0.865. The van der Waals surface area contributed by atoms with Crippen molar-refractivity contribution in [1.82, 2.24) is 10.2 Å². The van der Waals surface area contributed by atoms with Gasteiger partial charge in [0.25, 0.3) is 0 Å². The van der Waals surface area contributed by atoms with Gasteiger partial charge < -0.3 is 15.0 Å². The Morgan fingerprint density at radius 2 is 1.79 bits per heavy atom. The Labute approximate surface area is 203 Å². The molecule has 1 heterocycles. The zero-order valence-electron chi connectivity index (χ0n) is 19.2. The molecule has 1 N–H and O–H groups in total. The number of amides is 2. The molecule has 0 bridgehead atoms. The van der Waals surface area contributed by atoms with E-state index in [2.05, 4.69) is 5.32 Å². The summed E-state index contributed by atoms with van der Waals surface area (Å²) in [6, 6.07) is 16.4. The van der Waals surface area contributed by atoms with Crippen LogP contribution in [0.2, 0.25) is 0 Å². The fourth-order valence-electron chi connectivity index (χ4n) is 4.38. The van der Waals surface area contributed by atoms with Crippen molar-refractivity contribution in [3.63, 3.8) is 0 Å². The lowest BCUT2D eigenvalue weighted by Gasteiger charge is -2.32. The average molecular weight is 481 g/mol. The second kappa shape index (κ2) is 11.3. The average Bonchev–Trinajstić information content (AvgIpc) is 3.55. The molecule has 4 rings (SSSR count). The lowest BCUT2D eigenvalue weighted by atomic mass is 10.0. The number of hydrogen-bond acceptors (Lipinski definition) is 4. The topological polar surface area (TPSA) is 58.6 Å². The van der Waals surface area contributed by atoms with Crippen LogP contribution in [-0.4, -0.2) is 29.9 Å². The summed E-state index contributed by atoms with van der Waals surface area (Å²) in [6.07, 6.45) is 4.23. The van der Waals surface area contributed by atoms with Crippen molar-refractivity contribution in [2.45, 2.75) is 50.7 Å². The minimum Gasteiger partial charge on any atom is -0.497 e. The van der Waals surface area contributed by atoms with Crippen molar-refractivity contribution in [2.24, 2.45) is 0 Å². The molecule has 0 radical (unpaired) electrons. The van der Waals surface area contributed by atoms with Crippen LogP contribution in [0.4, 0.5) is 4.39 Å². The zero-order valence-corrected chi connectivity index (χ0v) is 20.0. The lowest BCUT2D eigenvalue weighted by molar-refractivity contribution is -0.141. The van der Waals surface area contributed by atoms with Crippen molar-refractivity contribution in [2.75, 3.05) is 7.11 Å². The van der Waals surface area contributed by atoms with Gasteiger partial charge in [0.15, 0.2) is 0 Å². The summed E-state index contributed by atoms with van der Waals surface area (Å²) in [4.78, 5) is 29.8. The zero-order chi connectivity index (χ0) is 23.9. The van der Waals surface area contributed by atoms with Crippen molar-refractivity contribution in [3.05, 3.63) is 87.9 Å². The highest BCUT2D eigenvalue weighted by molar-refractivity contribution is 7.10. The molecule has 0 spiro atoms. The van der Waals surface area contributed by atoms with Crippen LogP contribution in [0.15, 0.2) is 66.0 Å². The standard InChI is InChI=1S/C27H29FN2O3S/c1-33-23-14-8-19(9-15-23)18-30(25(31)17-24-7-4-16-34-24)26(20-10-12-21(28)13-11-20)27(32)29-22-5-2-3-6-22/h4,7-16,22,26H,2-3,5-6,17-18H2,1H3,(H,29,32)/t26-/m1/s1. The van der Waals surface area contributed by atoms with Crippen LogP contribution in [0.25, 0.3) is 0 Å². The van der Waals surface area contributed by atoms with Gasteiger partial charge in [-0.3, -0.25) is 9.59 Å². The van der Waals surface area contributed by atoms with E-state index in [0.717, 1.165) is 36.1 Å². The lowest BCUT2D eigenvalue weighted by Crippen LogP contribution is -2.46. The molecule has 1 saturated carbocycles. The van der Waals surface area contributed by atoms with E-state index in [-0.39, 0.29) is 36.6 Å². The van der Waals surface area contributed by atoms with Gasteiger partial charge in [-0.1, -0.05) is 43.2 Å². The van der Waals surface area contributed by atoms with E-state index in [1.54, 1.807) is 24.1 Å². The van der Waals surface area contributed by atoms with Gasteiger partial charge in [0.2, 0.25) is 11.8 Å². The van der Waals surface area contributed by atoms with E-state index in [9.17, 15) is 14.0 Å². The van der Waals surface area contributed by atoms with Crippen LogP contribution in [-0.2, 0) is 22.6 Å². The van der Waals surface area contributed by atoms with Crippen LogP contribution >= 0.6 is 11.3 Å². The second-order valence-corrected chi connectivity index (χ2v) is 9.60. The molecule has 7 heteroatoms. The van der Waals surface area contributed by atoms with Crippen LogP contribution < -0.4 is 10.1 Å². The van der Waals surface area contributed by atoms with Crippen molar-refractivity contribution in [1.29, 1.82) is 0 Å². The van der Waals surface area contributed by atoms with Crippen molar-refractivity contribution in [3.8, 4) is 5.75 Å². The van der Waals surface area contributed by atoms with E-state index in [1.807, 2.05) is 41.8 Å². The number of nitrogens with one attached hydrogen (secondary N) is 1. The van der Waals surface area contributed by atoms with E-state index < -0.39 is 6.04 Å². The molecule has 1 fully saturated rings. The Morgan fingerprint density at radius 3 is 2.41 bits per heavy atom. The number of nitrogens with zero attached hydrogens (tertiary/aromatic N) is 1. The number of thiophene rings is 1. The first-order chi connectivity index (χ1) is 16.5. The molecule has 1 aliphatic carbocycles. The molecule has 0 aliphatic heterocycles. The third-order valence-corrected chi connectivity index (χ3v) is 7.06. The first-order valence-corrected chi connectivity index (χ1v) is 12.4. The van der Waals surface area contributed by atoms with Crippen molar-refractivity contribution < 1.29 is 18.7 Å². The molecule has 1 aromatic heterocycles. The van der Waals surface area contributed by atoms with E-state index in [4.69, 9.17) is 4.74 Å². The number of benzene rings is 2. The molecule has 3 aromatic rings. The van der Waals surface area contributed by atoms with Gasteiger partial charge in [-0.15, -0.1) is 11.3 Å². The smallest absolute Gasteiger partial charge is 0.247 e. The minimum absolute atomic E-state index is 0.102. The molecule has 1 aliphatic rings. The Kier molecular flexibility index (Phi) is 7.95. The molecular formula is C27H29FN2O3S. The second-order valence-electron chi connectivity index (χ2n) is 8.57.